The minimum Gasteiger partial charge on any atom is -0.444 e. The van der Waals surface area contributed by atoms with Crippen LogP contribution in [0.3, 0.4) is 0 Å². The van der Waals surface area contributed by atoms with Crippen LogP contribution in [0.5, 0.6) is 0 Å². The molecular weight excluding hydrogens is 411 g/mol. The summed E-state index contributed by atoms with van der Waals surface area (Å²) in [4.78, 5) is 28.3. The molecule has 0 aliphatic carbocycles. The molecule has 2 aliphatic rings. The number of piperidine rings is 1. The highest BCUT2D eigenvalue weighted by Crippen LogP contribution is 2.32. The van der Waals surface area contributed by atoms with Crippen LogP contribution in [0.25, 0.3) is 0 Å². The van der Waals surface area contributed by atoms with E-state index in [-0.39, 0.29) is 31.2 Å². The van der Waals surface area contributed by atoms with Gasteiger partial charge in [0.1, 0.15) is 6.61 Å². The fraction of sp³-hybridized carbons (Fsp3) is 0.364. The summed E-state index contributed by atoms with van der Waals surface area (Å²) in [6.07, 6.45) is -3.38. The topological polar surface area (TPSA) is 61.9 Å². The average Bonchev–Trinajstić information content (AvgIpc) is 2.74. The lowest BCUT2D eigenvalue weighted by atomic mass is 10.0. The van der Waals surface area contributed by atoms with Gasteiger partial charge in [0.25, 0.3) is 0 Å². The normalized spacial score (nSPS) is 17.8. The Morgan fingerprint density at radius 1 is 1.06 bits per heavy atom. The fourth-order valence-corrected chi connectivity index (χ4v) is 4.00. The number of benzene rings is 2. The number of halogens is 3. The van der Waals surface area contributed by atoms with E-state index < -0.39 is 11.7 Å². The summed E-state index contributed by atoms with van der Waals surface area (Å²) in [5, 5.41) is 2.63. The Balaban J connectivity index is 1.30. The van der Waals surface area contributed by atoms with Crippen molar-refractivity contribution < 1.29 is 27.5 Å². The maximum absolute atomic E-state index is 12.6. The molecule has 0 radical (unpaired) electrons. The summed E-state index contributed by atoms with van der Waals surface area (Å²) in [7, 11) is 0. The molecule has 1 fully saturated rings. The van der Waals surface area contributed by atoms with Gasteiger partial charge in [0.05, 0.1) is 17.8 Å². The molecule has 0 atom stereocenters. The van der Waals surface area contributed by atoms with Gasteiger partial charge in [-0.15, -0.1) is 0 Å². The molecule has 0 spiro atoms. The van der Waals surface area contributed by atoms with E-state index in [4.69, 9.17) is 4.74 Å². The third-order valence-corrected chi connectivity index (χ3v) is 5.58. The highest BCUT2D eigenvalue weighted by atomic mass is 19.4. The first kappa shape index (κ1) is 21.2. The standard InChI is InChI=1S/C22H22F3N3O3/c23-22(24,25)16-5-7-17(8-6-16)26-20(29)13-27-11-9-18(10-12-27)28-19-4-2-1-3-15(19)14-31-21(28)30/h1-8,18H,9-14H2,(H,26,29). The van der Waals surface area contributed by atoms with Gasteiger partial charge >= 0.3 is 12.3 Å². The van der Waals surface area contributed by atoms with E-state index in [1.807, 2.05) is 29.2 Å². The number of cyclic esters (lactones) is 1. The molecule has 2 aliphatic heterocycles. The minimum atomic E-state index is -4.41. The number of hydrogen-bond acceptors (Lipinski definition) is 4. The highest BCUT2D eigenvalue weighted by Gasteiger charge is 2.34. The Morgan fingerprint density at radius 3 is 2.42 bits per heavy atom. The number of fused-ring (bicyclic) bond motifs is 1. The van der Waals surface area contributed by atoms with Crippen molar-refractivity contribution in [1.29, 1.82) is 0 Å². The van der Waals surface area contributed by atoms with Crippen LogP contribution < -0.4 is 10.2 Å². The first-order valence-electron chi connectivity index (χ1n) is 10.0. The molecule has 9 heteroatoms. The number of hydrogen-bond donors (Lipinski definition) is 1. The van der Waals surface area contributed by atoms with Crippen LogP contribution in [0.1, 0.15) is 24.0 Å². The highest BCUT2D eigenvalue weighted by molar-refractivity contribution is 5.92. The lowest BCUT2D eigenvalue weighted by Crippen LogP contribution is -2.50. The van der Waals surface area contributed by atoms with Gasteiger partial charge in [-0.25, -0.2) is 4.79 Å². The number of nitrogens with one attached hydrogen (secondary N) is 1. The maximum atomic E-state index is 12.6. The van der Waals surface area contributed by atoms with Crippen molar-refractivity contribution in [2.45, 2.75) is 31.7 Å². The second kappa shape index (κ2) is 8.58. The quantitative estimate of drug-likeness (QED) is 0.783. The Bertz CT molecular complexity index is 954. The number of anilines is 2. The summed E-state index contributed by atoms with van der Waals surface area (Å²) >= 11 is 0. The number of likely N-dealkylation sites (tertiary alicyclic amines) is 1. The second-order valence-electron chi connectivity index (χ2n) is 7.68. The van der Waals surface area contributed by atoms with Crippen LogP contribution in [0.2, 0.25) is 0 Å². The van der Waals surface area contributed by atoms with Gasteiger partial charge in [-0.05, 0) is 43.2 Å². The zero-order valence-corrected chi connectivity index (χ0v) is 16.7. The number of amides is 2. The van der Waals surface area contributed by atoms with Crippen molar-refractivity contribution in [2.24, 2.45) is 0 Å². The third kappa shape index (κ3) is 4.82. The number of rotatable bonds is 4. The minimum absolute atomic E-state index is 0.0109. The van der Waals surface area contributed by atoms with Gasteiger partial charge in [-0.2, -0.15) is 13.2 Å². The number of nitrogens with zero attached hydrogens (tertiary/aromatic N) is 2. The summed E-state index contributed by atoms with van der Waals surface area (Å²) < 4.78 is 43.2. The first-order chi connectivity index (χ1) is 14.8. The molecule has 2 amide bonds. The molecule has 0 saturated carbocycles. The summed E-state index contributed by atoms with van der Waals surface area (Å²) in [6.45, 7) is 1.65. The van der Waals surface area contributed by atoms with Crippen LogP contribution >= 0.6 is 0 Å². The summed E-state index contributed by atoms with van der Waals surface area (Å²) in [5.41, 5.74) is 1.41. The zero-order valence-electron chi connectivity index (χ0n) is 16.7. The molecule has 2 aromatic rings. The smallest absolute Gasteiger partial charge is 0.416 e. The van der Waals surface area contributed by atoms with Gasteiger partial charge in [-0.1, -0.05) is 18.2 Å². The number of ether oxygens (including phenoxy) is 1. The zero-order chi connectivity index (χ0) is 22.0. The molecule has 4 rings (SSSR count). The number of alkyl halides is 3. The molecule has 164 valence electrons. The number of para-hydroxylation sites is 1. The van der Waals surface area contributed by atoms with Crippen LogP contribution in [0.15, 0.2) is 48.5 Å². The molecule has 2 heterocycles. The van der Waals surface area contributed by atoms with Crippen LogP contribution in [-0.4, -0.2) is 42.6 Å². The molecular formula is C22H22F3N3O3. The molecule has 0 bridgehead atoms. The van der Waals surface area contributed by atoms with E-state index >= 15 is 0 Å². The molecule has 0 unspecified atom stereocenters. The maximum Gasteiger partial charge on any atom is 0.416 e. The van der Waals surface area contributed by atoms with Gasteiger partial charge in [0.2, 0.25) is 5.91 Å². The largest absolute Gasteiger partial charge is 0.444 e. The number of carbonyl (C=O) groups excluding carboxylic acids is 2. The summed E-state index contributed by atoms with van der Waals surface area (Å²) in [6, 6.07) is 12.0. The van der Waals surface area contributed by atoms with E-state index in [9.17, 15) is 22.8 Å². The van der Waals surface area contributed by atoms with Gasteiger partial charge in [0, 0.05) is 30.4 Å². The monoisotopic (exact) mass is 433 g/mol. The van der Waals surface area contributed by atoms with E-state index in [1.54, 1.807) is 4.90 Å². The van der Waals surface area contributed by atoms with E-state index in [0.717, 1.165) is 23.4 Å². The predicted octanol–water partition coefficient (Wildman–Crippen LogP) is 4.27. The van der Waals surface area contributed by atoms with Crippen molar-refractivity contribution in [1.82, 2.24) is 4.90 Å². The fourth-order valence-electron chi connectivity index (χ4n) is 4.00. The SMILES string of the molecule is O=C(CN1CCC(N2C(=O)OCc3ccccc32)CC1)Nc1ccc(C(F)(F)F)cc1. The van der Waals surface area contributed by atoms with Crippen LogP contribution in [0.4, 0.5) is 29.3 Å². The van der Waals surface area contributed by atoms with Crippen LogP contribution in [0, 0.1) is 0 Å². The molecule has 2 aromatic carbocycles. The Morgan fingerprint density at radius 2 is 1.74 bits per heavy atom. The first-order valence-corrected chi connectivity index (χ1v) is 10.0. The van der Waals surface area contributed by atoms with Crippen molar-refractivity contribution in [3.63, 3.8) is 0 Å². The molecule has 0 aromatic heterocycles. The number of carbonyl (C=O) groups is 2. The van der Waals surface area contributed by atoms with Gasteiger partial charge in [0.15, 0.2) is 0 Å². The Labute approximate surface area is 177 Å². The van der Waals surface area contributed by atoms with E-state index in [0.29, 0.717) is 31.6 Å². The average molecular weight is 433 g/mol. The molecule has 1 N–H and O–H groups in total. The Kier molecular flexibility index (Phi) is 5.86. The van der Waals surface area contributed by atoms with Gasteiger partial charge in [-0.3, -0.25) is 14.6 Å². The van der Waals surface area contributed by atoms with Crippen molar-refractivity contribution in [2.75, 3.05) is 29.9 Å². The molecule has 6 nitrogen and oxygen atoms in total. The lowest BCUT2D eigenvalue weighted by molar-refractivity contribution is -0.137. The summed E-state index contributed by atoms with van der Waals surface area (Å²) in [5.74, 6) is -0.291. The van der Waals surface area contributed by atoms with Crippen molar-refractivity contribution in [3.05, 3.63) is 59.7 Å². The lowest BCUT2D eigenvalue weighted by Gasteiger charge is -2.40. The van der Waals surface area contributed by atoms with Gasteiger partial charge < -0.3 is 10.1 Å². The molecule has 1 saturated heterocycles. The van der Waals surface area contributed by atoms with E-state index in [2.05, 4.69) is 5.32 Å². The second-order valence-corrected chi connectivity index (χ2v) is 7.68. The van der Waals surface area contributed by atoms with Crippen molar-refractivity contribution >= 4 is 23.4 Å². The Hall–Kier alpha value is -3.07. The van der Waals surface area contributed by atoms with E-state index in [1.165, 1.54) is 12.1 Å². The van der Waals surface area contributed by atoms with Crippen LogP contribution in [-0.2, 0) is 22.3 Å². The third-order valence-electron chi connectivity index (χ3n) is 5.58. The van der Waals surface area contributed by atoms with Crippen molar-refractivity contribution in [3.8, 4) is 0 Å². The molecule has 31 heavy (non-hydrogen) atoms. The predicted molar refractivity (Wildman–Crippen MR) is 109 cm³/mol.